The van der Waals surface area contributed by atoms with E-state index in [2.05, 4.69) is 32.2 Å². The Balaban J connectivity index is 1.95. The van der Waals surface area contributed by atoms with E-state index in [4.69, 9.17) is 5.73 Å². The second-order valence-electron chi connectivity index (χ2n) is 6.43. The van der Waals surface area contributed by atoms with E-state index in [0.717, 1.165) is 26.5 Å². The molecule has 1 aliphatic heterocycles. The first kappa shape index (κ1) is 19.2. The normalized spacial score (nSPS) is 19.7. The molecule has 0 saturated heterocycles. The Hall–Kier alpha value is -2.15. The molecule has 1 aromatic heterocycles. The third kappa shape index (κ3) is 3.15. The zero-order valence-corrected chi connectivity index (χ0v) is 18.2. The lowest BCUT2D eigenvalue weighted by Gasteiger charge is -2.38. The van der Waals surface area contributed by atoms with Crippen LogP contribution in [0.15, 0.2) is 55.7 Å². The predicted molar refractivity (Wildman–Crippen MR) is 114 cm³/mol. The van der Waals surface area contributed by atoms with Crippen LogP contribution in [0.1, 0.15) is 30.7 Å². The number of rotatable bonds is 3. The van der Waals surface area contributed by atoms with E-state index in [-0.39, 0.29) is 5.78 Å². The average molecular weight is 474 g/mol. The quantitative estimate of drug-likeness (QED) is 0.662. The lowest BCUT2D eigenvalue weighted by atomic mass is 9.76. The molecule has 0 radical (unpaired) electrons. The lowest BCUT2D eigenvalue weighted by molar-refractivity contribution is -0.116. The Morgan fingerprint density at radius 2 is 2.21 bits per heavy atom. The highest BCUT2D eigenvalue weighted by molar-refractivity contribution is 9.10. The van der Waals surface area contributed by atoms with Gasteiger partial charge in [-0.2, -0.15) is 5.26 Å². The predicted octanol–water partition coefficient (Wildman–Crippen LogP) is 4.33. The van der Waals surface area contributed by atoms with Crippen molar-refractivity contribution in [1.29, 1.82) is 5.26 Å². The maximum Gasteiger partial charge on any atom is 0.219 e. The van der Waals surface area contributed by atoms with Crippen molar-refractivity contribution in [2.45, 2.75) is 29.5 Å². The van der Waals surface area contributed by atoms with Gasteiger partial charge in [0.1, 0.15) is 5.82 Å². The van der Waals surface area contributed by atoms with Crippen molar-refractivity contribution < 1.29 is 4.79 Å². The highest BCUT2D eigenvalue weighted by atomic mass is 79.9. The molecule has 4 rings (SSSR count). The van der Waals surface area contributed by atoms with E-state index in [1.165, 1.54) is 23.1 Å². The van der Waals surface area contributed by atoms with E-state index in [0.29, 0.717) is 34.9 Å². The number of halogens is 1. The van der Waals surface area contributed by atoms with E-state index >= 15 is 0 Å². The van der Waals surface area contributed by atoms with Crippen LogP contribution in [0.4, 0.5) is 5.13 Å². The van der Waals surface area contributed by atoms with Gasteiger partial charge in [0.25, 0.3) is 0 Å². The fourth-order valence-electron chi connectivity index (χ4n) is 3.70. The first-order valence-corrected chi connectivity index (χ1v) is 11.5. The number of aromatic nitrogens is 2. The molecule has 6 nitrogen and oxygen atoms in total. The molecule has 1 aliphatic carbocycles. The van der Waals surface area contributed by atoms with Crippen LogP contribution in [0.2, 0.25) is 0 Å². The summed E-state index contributed by atoms with van der Waals surface area (Å²) in [5.74, 6) is -0.0784. The maximum atomic E-state index is 13.0. The van der Waals surface area contributed by atoms with Gasteiger partial charge >= 0.3 is 0 Å². The van der Waals surface area contributed by atoms with Crippen molar-refractivity contribution in [1.82, 2.24) is 10.2 Å². The number of Topliss-reactive ketones (excluding diaryl/α,β-unsaturated/α-hetero) is 1. The Kier molecular flexibility index (Phi) is 5.27. The minimum atomic E-state index is -0.463. The van der Waals surface area contributed by atoms with Gasteiger partial charge in [-0.15, -0.1) is 10.2 Å². The van der Waals surface area contributed by atoms with Gasteiger partial charge in [0.15, 0.2) is 10.1 Å². The largest absolute Gasteiger partial charge is 0.384 e. The number of benzene rings is 1. The van der Waals surface area contributed by atoms with Crippen LogP contribution in [0.5, 0.6) is 0 Å². The second kappa shape index (κ2) is 7.70. The minimum Gasteiger partial charge on any atom is -0.384 e. The summed E-state index contributed by atoms with van der Waals surface area (Å²) >= 11 is 6.39. The number of hydrogen-bond donors (Lipinski definition) is 1. The van der Waals surface area contributed by atoms with Gasteiger partial charge in [-0.3, -0.25) is 9.69 Å². The highest BCUT2D eigenvalue weighted by Gasteiger charge is 2.41. The molecule has 0 bridgehead atoms. The number of carbonyl (C=O) groups excluding carboxylic acids is 1. The van der Waals surface area contributed by atoms with E-state index in [1.807, 2.05) is 30.5 Å². The van der Waals surface area contributed by atoms with Crippen LogP contribution < -0.4 is 10.6 Å². The molecule has 1 unspecified atom stereocenters. The highest BCUT2D eigenvalue weighted by Crippen LogP contribution is 2.47. The summed E-state index contributed by atoms with van der Waals surface area (Å²) < 4.78 is 1.70. The number of carbonyl (C=O) groups is 1. The van der Waals surface area contributed by atoms with E-state index in [9.17, 15) is 10.1 Å². The molecule has 142 valence electrons. The molecular formula is C19H16BrN5OS2. The number of hydrogen-bond acceptors (Lipinski definition) is 8. The van der Waals surface area contributed by atoms with Crippen molar-refractivity contribution in [3.8, 4) is 6.07 Å². The molecule has 0 saturated carbocycles. The summed E-state index contributed by atoms with van der Waals surface area (Å²) in [7, 11) is 0. The number of thioether (sulfide) groups is 1. The SMILES string of the molecule is CSc1nnc(N2C(N)=C(C#N)C(c3cccc(Br)c3)C3=C2CCCC3=O)s1. The summed E-state index contributed by atoms with van der Waals surface area (Å²) in [6.45, 7) is 0. The molecule has 2 aromatic rings. The van der Waals surface area contributed by atoms with E-state index < -0.39 is 5.92 Å². The first-order valence-electron chi connectivity index (χ1n) is 8.64. The van der Waals surface area contributed by atoms with Crippen molar-refractivity contribution >= 4 is 49.9 Å². The molecule has 1 atom stereocenters. The molecule has 2 aliphatic rings. The molecule has 1 aromatic carbocycles. The van der Waals surface area contributed by atoms with E-state index in [1.54, 1.807) is 4.90 Å². The van der Waals surface area contributed by atoms with Crippen LogP contribution in [0.3, 0.4) is 0 Å². The van der Waals surface area contributed by atoms with Gasteiger partial charge in [-0.1, -0.05) is 51.2 Å². The Morgan fingerprint density at radius 3 is 2.89 bits per heavy atom. The lowest BCUT2D eigenvalue weighted by Crippen LogP contribution is -2.38. The summed E-state index contributed by atoms with van der Waals surface area (Å²) in [6.07, 6.45) is 3.86. The summed E-state index contributed by atoms with van der Waals surface area (Å²) in [6, 6.07) is 9.95. The smallest absolute Gasteiger partial charge is 0.219 e. The van der Waals surface area contributed by atoms with Crippen LogP contribution in [-0.4, -0.2) is 22.2 Å². The van der Waals surface area contributed by atoms with Crippen molar-refractivity contribution in [2.24, 2.45) is 5.73 Å². The average Bonchev–Trinajstić information content (AvgIpc) is 3.16. The van der Waals surface area contributed by atoms with Gasteiger partial charge in [-0.05, 0) is 36.8 Å². The molecule has 2 N–H and O–H groups in total. The van der Waals surface area contributed by atoms with Crippen LogP contribution in [0.25, 0.3) is 0 Å². The van der Waals surface area contributed by atoms with Crippen LogP contribution in [-0.2, 0) is 4.79 Å². The van der Waals surface area contributed by atoms with Gasteiger partial charge in [0, 0.05) is 22.2 Å². The van der Waals surface area contributed by atoms with Crippen molar-refractivity contribution in [3.63, 3.8) is 0 Å². The standard InChI is InChI=1S/C19H16BrN5OS2/c1-27-19-24-23-18(28-19)25-13-6-3-7-14(26)16(13)15(12(9-21)17(25)22)10-4-2-5-11(20)8-10/h2,4-5,8,15H,3,6-7,22H2,1H3. The second-order valence-corrected chi connectivity index (χ2v) is 9.35. The zero-order valence-electron chi connectivity index (χ0n) is 15.0. The number of nitrogens with two attached hydrogens (primary N) is 1. The molecule has 9 heteroatoms. The number of ketones is 1. The molecule has 28 heavy (non-hydrogen) atoms. The number of nitriles is 1. The monoisotopic (exact) mass is 473 g/mol. The molecular weight excluding hydrogens is 458 g/mol. The van der Waals surface area contributed by atoms with Gasteiger partial charge in [0.2, 0.25) is 5.13 Å². The number of nitrogens with zero attached hydrogens (tertiary/aromatic N) is 4. The van der Waals surface area contributed by atoms with Gasteiger partial charge in [-0.25, -0.2) is 0 Å². The van der Waals surface area contributed by atoms with Crippen LogP contribution in [0, 0.1) is 11.3 Å². The topological polar surface area (TPSA) is 95.9 Å². The minimum absolute atomic E-state index is 0.0612. The summed E-state index contributed by atoms with van der Waals surface area (Å²) in [4.78, 5) is 14.8. The Morgan fingerprint density at radius 1 is 1.39 bits per heavy atom. The van der Waals surface area contributed by atoms with Crippen LogP contribution >= 0.6 is 39.0 Å². The summed E-state index contributed by atoms with van der Waals surface area (Å²) in [5, 5.41) is 19.0. The fraction of sp³-hybridized carbons (Fsp3) is 0.263. The number of anilines is 1. The Bertz CT molecular complexity index is 1070. The fourth-order valence-corrected chi connectivity index (χ4v) is 5.42. The van der Waals surface area contributed by atoms with Gasteiger partial charge in [0.05, 0.1) is 17.6 Å². The zero-order chi connectivity index (χ0) is 19.8. The molecule has 0 fully saturated rings. The van der Waals surface area contributed by atoms with Crippen molar-refractivity contribution in [3.05, 3.63) is 57.0 Å². The van der Waals surface area contributed by atoms with Crippen molar-refractivity contribution in [2.75, 3.05) is 11.2 Å². The summed E-state index contributed by atoms with van der Waals surface area (Å²) in [5.41, 5.74) is 9.22. The number of allylic oxidation sites excluding steroid dienone is 3. The third-order valence-corrected chi connectivity index (χ3v) is 7.23. The third-order valence-electron chi connectivity index (χ3n) is 4.86. The molecule has 0 spiro atoms. The van der Waals surface area contributed by atoms with Gasteiger partial charge < -0.3 is 5.73 Å². The maximum absolute atomic E-state index is 13.0. The molecule has 0 amide bonds. The molecule has 2 heterocycles. The Labute approximate surface area is 179 Å². The first-order chi connectivity index (χ1) is 13.5.